The minimum atomic E-state index is -4.44. The number of carbonyl (C=O) groups is 2. The number of halogens is 3. The van der Waals surface area contributed by atoms with Gasteiger partial charge in [0.05, 0.1) is 7.05 Å². The molecule has 5 nitrogen and oxygen atoms in total. The van der Waals surface area contributed by atoms with E-state index in [4.69, 9.17) is 0 Å². The number of likely N-dealkylation sites (N-methyl/N-ethyl adjacent to an activating group) is 1. The first kappa shape index (κ1) is 22.2. The summed E-state index contributed by atoms with van der Waals surface area (Å²) in [7, 11) is 1.63. The smallest absolute Gasteiger partial charge is 0.326 e. The Bertz CT molecular complexity index is 717. The van der Waals surface area contributed by atoms with E-state index in [1.807, 2.05) is 26.0 Å². The number of nitrogens with one attached hydrogen (secondary N) is 2. The molecular formula is C20H29F3N3O2+. The number of hydrogen-bond acceptors (Lipinski definition) is 2. The molecule has 2 atom stereocenters. The van der Waals surface area contributed by atoms with Crippen molar-refractivity contribution in [3.8, 4) is 0 Å². The van der Waals surface area contributed by atoms with Crippen LogP contribution in [0.1, 0.15) is 30.9 Å². The highest BCUT2D eigenvalue weighted by Crippen LogP contribution is 2.36. The van der Waals surface area contributed by atoms with Crippen LogP contribution in [0.2, 0.25) is 0 Å². The maximum Gasteiger partial charge on any atom is 0.406 e. The van der Waals surface area contributed by atoms with Crippen molar-refractivity contribution in [3.63, 3.8) is 0 Å². The number of anilines is 1. The molecule has 0 bridgehead atoms. The van der Waals surface area contributed by atoms with Crippen LogP contribution in [0.15, 0.2) is 18.2 Å². The van der Waals surface area contributed by atoms with Gasteiger partial charge in [-0.25, -0.2) is 0 Å². The van der Waals surface area contributed by atoms with E-state index in [0.717, 1.165) is 28.9 Å². The molecule has 1 aromatic carbocycles. The summed E-state index contributed by atoms with van der Waals surface area (Å²) >= 11 is 0. The van der Waals surface area contributed by atoms with Crippen LogP contribution in [0.4, 0.5) is 18.9 Å². The summed E-state index contributed by atoms with van der Waals surface area (Å²) in [6, 6.07) is 5.14. The summed E-state index contributed by atoms with van der Waals surface area (Å²) in [5.74, 6) is -0.718. The fraction of sp³-hybridized carbons (Fsp3) is 0.600. The molecule has 2 N–H and O–H groups in total. The molecule has 8 heteroatoms. The fourth-order valence-corrected chi connectivity index (χ4v) is 3.26. The van der Waals surface area contributed by atoms with Crippen LogP contribution in [-0.2, 0) is 9.59 Å². The topological polar surface area (TPSA) is 53.9 Å². The molecular weight excluding hydrogens is 371 g/mol. The van der Waals surface area contributed by atoms with Gasteiger partial charge in [-0.05, 0) is 56.7 Å². The quantitative estimate of drug-likeness (QED) is 0.701. The third-order valence-corrected chi connectivity index (χ3v) is 5.26. The zero-order valence-electron chi connectivity index (χ0n) is 16.8. The molecule has 1 aliphatic rings. The average molecular weight is 400 g/mol. The van der Waals surface area contributed by atoms with Gasteiger partial charge < -0.3 is 15.1 Å². The Morgan fingerprint density at radius 3 is 2.46 bits per heavy atom. The van der Waals surface area contributed by atoms with Crippen molar-refractivity contribution in [3.05, 3.63) is 29.3 Å². The van der Waals surface area contributed by atoms with E-state index in [-0.39, 0.29) is 24.9 Å². The van der Waals surface area contributed by atoms with Crippen LogP contribution >= 0.6 is 0 Å². The van der Waals surface area contributed by atoms with Crippen LogP contribution < -0.4 is 10.2 Å². The molecule has 0 aliphatic heterocycles. The fourth-order valence-electron chi connectivity index (χ4n) is 3.26. The Morgan fingerprint density at radius 1 is 1.25 bits per heavy atom. The van der Waals surface area contributed by atoms with E-state index in [1.165, 1.54) is 0 Å². The number of amides is 2. The number of alkyl halides is 3. The molecule has 28 heavy (non-hydrogen) atoms. The number of aryl methyl sites for hydroxylation is 1. The van der Waals surface area contributed by atoms with Gasteiger partial charge in [0, 0.05) is 11.7 Å². The lowest BCUT2D eigenvalue weighted by Gasteiger charge is -2.30. The van der Waals surface area contributed by atoms with Gasteiger partial charge in [0.25, 0.3) is 11.8 Å². The van der Waals surface area contributed by atoms with Crippen molar-refractivity contribution >= 4 is 17.5 Å². The second-order valence-corrected chi connectivity index (χ2v) is 7.82. The van der Waals surface area contributed by atoms with Gasteiger partial charge in [-0.15, -0.1) is 0 Å². The van der Waals surface area contributed by atoms with Gasteiger partial charge in [0.2, 0.25) is 0 Å². The SMILES string of the molecule is Cc1cccc(NC(=O)C[NH+](C)CC(=O)N(CC(F)(F)F)[C@H](C)C2CC2)c1C. The van der Waals surface area contributed by atoms with Crippen LogP contribution in [-0.4, -0.2) is 55.6 Å². The highest BCUT2D eigenvalue weighted by molar-refractivity contribution is 5.92. The summed E-state index contributed by atoms with van der Waals surface area (Å²) in [5, 5.41) is 2.81. The van der Waals surface area contributed by atoms with Crippen LogP contribution in [0, 0.1) is 19.8 Å². The lowest BCUT2D eigenvalue weighted by Crippen LogP contribution is -3.11. The second-order valence-electron chi connectivity index (χ2n) is 7.82. The second kappa shape index (κ2) is 8.94. The standard InChI is InChI=1S/C20H28F3N3O2/c1-13-6-5-7-17(14(13)2)24-18(27)10-25(4)11-19(28)26(12-20(21,22)23)15(3)16-8-9-16/h5-7,15-16H,8-12H2,1-4H3,(H,24,27)/p+1/t15-/m1/s1. The van der Waals surface area contributed by atoms with Crippen LogP contribution in [0.5, 0.6) is 0 Å². The molecule has 0 heterocycles. The van der Waals surface area contributed by atoms with Crippen LogP contribution in [0.3, 0.4) is 0 Å². The zero-order valence-corrected chi connectivity index (χ0v) is 16.8. The zero-order chi connectivity index (χ0) is 21.1. The van der Waals surface area contributed by atoms with Crippen molar-refractivity contribution in [1.82, 2.24) is 4.90 Å². The molecule has 2 rings (SSSR count). The van der Waals surface area contributed by atoms with E-state index in [9.17, 15) is 22.8 Å². The van der Waals surface area contributed by atoms with E-state index < -0.39 is 24.7 Å². The van der Waals surface area contributed by atoms with Gasteiger partial charge >= 0.3 is 6.18 Å². The molecule has 1 aliphatic carbocycles. The molecule has 1 unspecified atom stereocenters. The first-order valence-electron chi connectivity index (χ1n) is 9.51. The Labute approximate surface area is 163 Å². The van der Waals surface area contributed by atoms with E-state index in [0.29, 0.717) is 10.6 Å². The Hall–Kier alpha value is -2.09. The molecule has 2 amide bonds. The Morgan fingerprint density at radius 2 is 1.89 bits per heavy atom. The first-order valence-corrected chi connectivity index (χ1v) is 9.51. The minimum Gasteiger partial charge on any atom is -0.326 e. The molecule has 1 aromatic rings. The summed E-state index contributed by atoms with van der Waals surface area (Å²) < 4.78 is 38.7. The largest absolute Gasteiger partial charge is 0.406 e. The molecule has 0 radical (unpaired) electrons. The van der Waals surface area contributed by atoms with Gasteiger partial charge in [-0.2, -0.15) is 13.2 Å². The van der Waals surface area contributed by atoms with Gasteiger partial charge in [-0.1, -0.05) is 12.1 Å². The number of benzene rings is 1. The average Bonchev–Trinajstić information content (AvgIpc) is 3.40. The summed E-state index contributed by atoms with van der Waals surface area (Å²) in [6.45, 7) is 4.11. The molecule has 0 spiro atoms. The molecule has 0 aromatic heterocycles. The highest BCUT2D eigenvalue weighted by atomic mass is 19.4. The molecule has 156 valence electrons. The first-order chi connectivity index (χ1) is 13.0. The third kappa shape index (κ3) is 6.51. The van der Waals surface area contributed by atoms with Crippen molar-refractivity contribution < 1.29 is 27.7 Å². The van der Waals surface area contributed by atoms with Gasteiger partial charge in [-0.3, -0.25) is 9.59 Å². The summed E-state index contributed by atoms with van der Waals surface area (Å²) in [5.41, 5.74) is 2.70. The minimum absolute atomic E-state index is 0.00319. The predicted molar refractivity (Wildman–Crippen MR) is 101 cm³/mol. The van der Waals surface area contributed by atoms with Crippen molar-refractivity contribution in [2.24, 2.45) is 5.92 Å². The van der Waals surface area contributed by atoms with Crippen molar-refractivity contribution in [2.45, 2.75) is 45.8 Å². The van der Waals surface area contributed by atoms with Crippen molar-refractivity contribution in [2.75, 3.05) is 32.0 Å². The van der Waals surface area contributed by atoms with E-state index >= 15 is 0 Å². The summed E-state index contributed by atoms with van der Waals surface area (Å²) in [4.78, 5) is 26.3. The Balaban J connectivity index is 1.93. The number of quaternary nitrogens is 1. The number of rotatable bonds is 8. The molecule has 1 saturated carbocycles. The molecule has 0 saturated heterocycles. The maximum absolute atomic E-state index is 12.9. The van der Waals surface area contributed by atoms with Crippen LogP contribution in [0.25, 0.3) is 0 Å². The maximum atomic E-state index is 12.9. The molecule has 1 fully saturated rings. The van der Waals surface area contributed by atoms with E-state index in [2.05, 4.69) is 5.32 Å². The summed E-state index contributed by atoms with van der Waals surface area (Å²) in [6.07, 6.45) is -2.74. The van der Waals surface area contributed by atoms with Crippen molar-refractivity contribution in [1.29, 1.82) is 0 Å². The Kier molecular flexibility index (Phi) is 7.09. The number of nitrogens with zero attached hydrogens (tertiary/aromatic N) is 1. The van der Waals surface area contributed by atoms with Gasteiger partial charge in [0.1, 0.15) is 6.54 Å². The lowest BCUT2D eigenvalue weighted by atomic mass is 10.1. The van der Waals surface area contributed by atoms with E-state index in [1.54, 1.807) is 20.0 Å². The number of carbonyl (C=O) groups excluding carboxylic acids is 2. The monoisotopic (exact) mass is 400 g/mol. The van der Waals surface area contributed by atoms with Gasteiger partial charge in [0.15, 0.2) is 13.1 Å². The third-order valence-electron chi connectivity index (χ3n) is 5.26. The highest BCUT2D eigenvalue weighted by Gasteiger charge is 2.41. The number of hydrogen-bond donors (Lipinski definition) is 2. The lowest BCUT2D eigenvalue weighted by molar-refractivity contribution is -0.862. The normalized spacial score (nSPS) is 16.4. The predicted octanol–water partition coefficient (Wildman–Crippen LogP) is 1.95.